The first-order valence-corrected chi connectivity index (χ1v) is 8.40. The number of halogens is 2. The maximum Gasteiger partial charge on any atom is 0.242 e. The number of nitrogen functional groups attached to an aromatic ring is 1. The van der Waals surface area contributed by atoms with E-state index in [0.29, 0.717) is 21.7 Å². The van der Waals surface area contributed by atoms with Gasteiger partial charge < -0.3 is 10.6 Å². The fraction of sp³-hybridized carbons (Fsp3) is 0.455. The van der Waals surface area contributed by atoms with Gasteiger partial charge in [0.05, 0.1) is 9.37 Å². The Balaban J connectivity index is 2.29. The highest BCUT2D eigenvalue weighted by atomic mass is 79.9. The van der Waals surface area contributed by atoms with Crippen molar-refractivity contribution in [1.29, 1.82) is 0 Å². The van der Waals surface area contributed by atoms with Crippen LogP contribution in [0, 0.1) is 0 Å². The van der Waals surface area contributed by atoms with Crippen molar-refractivity contribution in [3.8, 4) is 0 Å². The molecule has 0 radical (unpaired) electrons. The van der Waals surface area contributed by atoms with Crippen LogP contribution in [0.3, 0.4) is 0 Å². The number of likely N-dealkylation sites (tertiary alicyclic amines) is 1. The van der Waals surface area contributed by atoms with Crippen molar-refractivity contribution in [2.75, 3.05) is 25.9 Å². The van der Waals surface area contributed by atoms with E-state index in [-0.39, 0.29) is 10.9 Å². The molecule has 0 bridgehead atoms. The molecule has 0 amide bonds. The lowest BCUT2D eigenvalue weighted by atomic mass is 10.3. The van der Waals surface area contributed by atoms with Gasteiger partial charge in [0.15, 0.2) is 0 Å². The van der Waals surface area contributed by atoms with Crippen molar-refractivity contribution >= 4 is 43.2 Å². The van der Waals surface area contributed by atoms with Gasteiger partial charge in [-0.05, 0) is 48.1 Å². The zero-order valence-electron chi connectivity index (χ0n) is 10.4. The van der Waals surface area contributed by atoms with Crippen molar-refractivity contribution < 1.29 is 8.42 Å². The molecule has 19 heavy (non-hydrogen) atoms. The topological polar surface area (TPSA) is 75.4 Å². The monoisotopic (exact) mass is 367 g/mol. The van der Waals surface area contributed by atoms with Crippen molar-refractivity contribution in [3.63, 3.8) is 0 Å². The van der Waals surface area contributed by atoms with Crippen LogP contribution in [0.15, 0.2) is 21.5 Å². The van der Waals surface area contributed by atoms with Crippen molar-refractivity contribution in [2.24, 2.45) is 0 Å². The van der Waals surface area contributed by atoms with E-state index in [1.54, 1.807) is 0 Å². The molecular formula is C11H15BrClN3O2S. The highest BCUT2D eigenvalue weighted by Gasteiger charge is 2.27. The summed E-state index contributed by atoms with van der Waals surface area (Å²) in [5.74, 6) is 0. The molecule has 1 heterocycles. The van der Waals surface area contributed by atoms with Gasteiger partial charge >= 0.3 is 0 Å². The van der Waals surface area contributed by atoms with E-state index in [9.17, 15) is 8.42 Å². The van der Waals surface area contributed by atoms with Gasteiger partial charge in [0.25, 0.3) is 0 Å². The first kappa shape index (κ1) is 15.1. The molecule has 1 unspecified atom stereocenters. The fourth-order valence-corrected chi connectivity index (χ4v) is 4.65. The summed E-state index contributed by atoms with van der Waals surface area (Å²) < 4.78 is 27.7. The predicted octanol–water partition coefficient (Wildman–Crippen LogP) is 1.67. The Labute approximate surface area is 126 Å². The van der Waals surface area contributed by atoms with E-state index in [1.807, 2.05) is 7.05 Å². The molecule has 2 rings (SSSR count). The van der Waals surface area contributed by atoms with Crippen molar-refractivity contribution in [1.82, 2.24) is 9.62 Å². The molecule has 1 aromatic carbocycles. The van der Waals surface area contributed by atoms with Gasteiger partial charge in [-0.15, -0.1) is 0 Å². The summed E-state index contributed by atoms with van der Waals surface area (Å²) in [6.07, 6.45) is 0.795. The van der Waals surface area contributed by atoms with Gasteiger partial charge in [0, 0.05) is 23.3 Å². The lowest BCUT2D eigenvalue weighted by molar-refractivity contribution is 0.407. The minimum absolute atomic E-state index is 0.0760. The molecule has 3 N–H and O–H groups in total. The predicted molar refractivity (Wildman–Crippen MR) is 79.8 cm³/mol. The molecule has 1 aliphatic rings. The van der Waals surface area contributed by atoms with Crippen LogP contribution in [0.2, 0.25) is 5.02 Å². The Morgan fingerprint density at radius 1 is 1.53 bits per heavy atom. The number of rotatable bonds is 3. The maximum absolute atomic E-state index is 12.3. The molecule has 1 fully saturated rings. The van der Waals surface area contributed by atoms with E-state index < -0.39 is 10.0 Å². The molecule has 0 saturated carbocycles. The van der Waals surface area contributed by atoms with E-state index in [0.717, 1.165) is 13.0 Å². The summed E-state index contributed by atoms with van der Waals surface area (Å²) in [4.78, 5) is 2.15. The van der Waals surface area contributed by atoms with Gasteiger partial charge in [-0.1, -0.05) is 11.6 Å². The van der Waals surface area contributed by atoms with Gasteiger partial charge in [-0.3, -0.25) is 0 Å². The third-order valence-corrected chi connectivity index (χ3v) is 5.95. The molecule has 106 valence electrons. The second-order valence-corrected chi connectivity index (χ2v) is 7.59. The first-order valence-electron chi connectivity index (χ1n) is 5.75. The van der Waals surface area contributed by atoms with Crippen molar-refractivity contribution in [3.05, 3.63) is 21.6 Å². The van der Waals surface area contributed by atoms with Gasteiger partial charge in [-0.25, -0.2) is 13.1 Å². The smallest absolute Gasteiger partial charge is 0.242 e. The average Bonchev–Trinajstić information content (AvgIpc) is 2.68. The third kappa shape index (κ3) is 3.41. The molecule has 0 aliphatic carbocycles. The molecule has 1 atom stereocenters. The Hall–Kier alpha value is -0.340. The number of benzene rings is 1. The number of nitrogens with two attached hydrogens (primary N) is 1. The van der Waals surface area contributed by atoms with Gasteiger partial charge in [0.1, 0.15) is 0 Å². The van der Waals surface area contributed by atoms with Crippen LogP contribution in [-0.2, 0) is 10.0 Å². The Bertz CT molecular complexity index is 594. The second-order valence-electron chi connectivity index (χ2n) is 4.68. The highest BCUT2D eigenvalue weighted by Crippen LogP contribution is 2.31. The zero-order valence-corrected chi connectivity index (χ0v) is 13.5. The van der Waals surface area contributed by atoms with Crippen LogP contribution in [0.4, 0.5) is 5.69 Å². The minimum Gasteiger partial charge on any atom is -0.398 e. The Kier molecular flexibility index (Phi) is 4.42. The number of nitrogens with one attached hydrogen (secondary N) is 1. The zero-order chi connectivity index (χ0) is 14.2. The van der Waals surface area contributed by atoms with Crippen LogP contribution in [0.5, 0.6) is 0 Å². The Morgan fingerprint density at radius 3 is 2.79 bits per heavy atom. The second kappa shape index (κ2) is 5.57. The lowest BCUT2D eigenvalue weighted by Gasteiger charge is -2.15. The Morgan fingerprint density at radius 2 is 2.21 bits per heavy atom. The number of sulfonamides is 1. The van der Waals surface area contributed by atoms with Crippen LogP contribution in [-0.4, -0.2) is 39.5 Å². The number of hydrogen-bond acceptors (Lipinski definition) is 4. The fourth-order valence-electron chi connectivity index (χ4n) is 2.09. The molecule has 8 heteroatoms. The molecule has 0 spiro atoms. The SMILES string of the molecule is CN1CCC(NS(=O)(=O)c2cc(Cl)cc(N)c2Br)C1. The standard InChI is InChI=1S/C11H15BrClN3O2S/c1-16-3-2-8(6-16)15-19(17,18)10-5-7(13)4-9(14)11(10)12/h4-5,8,15H,2-3,6,14H2,1H3. The molecule has 1 aliphatic heterocycles. The normalized spacial score (nSPS) is 20.9. The number of nitrogens with zero attached hydrogens (tertiary/aromatic N) is 1. The molecule has 5 nitrogen and oxygen atoms in total. The van der Waals surface area contributed by atoms with E-state index in [2.05, 4.69) is 25.6 Å². The highest BCUT2D eigenvalue weighted by molar-refractivity contribution is 9.10. The quantitative estimate of drug-likeness (QED) is 0.796. The molecule has 0 aromatic heterocycles. The van der Waals surface area contributed by atoms with Gasteiger partial charge in [-0.2, -0.15) is 0 Å². The first-order chi connectivity index (χ1) is 8.79. The van der Waals surface area contributed by atoms with Crippen LogP contribution >= 0.6 is 27.5 Å². The van der Waals surface area contributed by atoms with Crippen LogP contribution < -0.4 is 10.5 Å². The summed E-state index contributed by atoms with van der Waals surface area (Å²) >= 11 is 9.06. The summed E-state index contributed by atoms with van der Waals surface area (Å²) in [5.41, 5.74) is 6.02. The number of likely N-dealkylation sites (N-methyl/N-ethyl adjacent to an activating group) is 1. The number of anilines is 1. The summed E-state index contributed by atoms with van der Waals surface area (Å²) in [6.45, 7) is 1.58. The minimum atomic E-state index is -3.63. The van der Waals surface area contributed by atoms with E-state index in [1.165, 1.54) is 12.1 Å². The van der Waals surface area contributed by atoms with Crippen LogP contribution in [0.25, 0.3) is 0 Å². The summed E-state index contributed by atoms with van der Waals surface area (Å²) in [7, 11) is -1.67. The number of hydrogen-bond donors (Lipinski definition) is 2. The maximum atomic E-state index is 12.3. The molecule has 1 aromatic rings. The third-order valence-electron chi connectivity index (χ3n) is 3.03. The summed E-state index contributed by atoms with van der Waals surface area (Å²) in [6, 6.07) is 2.82. The van der Waals surface area contributed by atoms with Crippen LogP contribution in [0.1, 0.15) is 6.42 Å². The largest absolute Gasteiger partial charge is 0.398 e. The summed E-state index contributed by atoms with van der Waals surface area (Å²) in [5, 5.41) is 0.296. The van der Waals surface area contributed by atoms with Crippen molar-refractivity contribution in [2.45, 2.75) is 17.4 Å². The average molecular weight is 369 g/mol. The lowest BCUT2D eigenvalue weighted by Crippen LogP contribution is -2.36. The van der Waals surface area contributed by atoms with E-state index in [4.69, 9.17) is 17.3 Å². The molecule has 1 saturated heterocycles. The molecular weight excluding hydrogens is 354 g/mol. The van der Waals surface area contributed by atoms with E-state index >= 15 is 0 Å². The van der Waals surface area contributed by atoms with Gasteiger partial charge in [0.2, 0.25) is 10.0 Å².